The molecule has 4 rings (SSSR count). The summed E-state index contributed by atoms with van der Waals surface area (Å²) in [5.41, 5.74) is 3.30. The van der Waals surface area contributed by atoms with E-state index in [1.54, 1.807) is 12.1 Å². The van der Waals surface area contributed by atoms with Gasteiger partial charge < -0.3 is 15.4 Å². The van der Waals surface area contributed by atoms with Gasteiger partial charge in [0, 0.05) is 59.5 Å². The number of carbonyl (C=O) groups is 1. The zero-order valence-corrected chi connectivity index (χ0v) is 17.5. The van der Waals surface area contributed by atoms with Crippen LogP contribution in [0.25, 0.3) is 0 Å². The first-order valence-corrected chi connectivity index (χ1v) is 10.3. The van der Waals surface area contributed by atoms with E-state index in [2.05, 4.69) is 24.5 Å². The summed E-state index contributed by atoms with van der Waals surface area (Å²) in [4.78, 5) is 23.4. The van der Waals surface area contributed by atoms with Gasteiger partial charge in [0.1, 0.15) is 0 Å². The molecular weight excluding hydrogens is 382 g/mol. The van der Waals surface area contributed by atoms with Crippen LogP contribution in [-0.2, 0) is 4.74 Å². The van der Waals surface area contributed by atoms with E-state index in [0.29, 0.717) is 18.7 Å². The van der Waals surface area contributed by atoms with Crippen molar-refractivity contribution >= 4 is 17.3 Å². The third-order valence-electron chi connectivity index (χ3n) is 6.29. The zero-order chi connectivity index (χ0) is 21.5. The van der Waals surface area contributed by atoms with Gasteiger partial charge in [0.15, 0.2) is 0 Å². The minimum Gasteiger partial charge on any atom is -0.381 e. The van der Waals surface area contributed by atoms with E-state index >= 15 is 0 Å². The fourth-order valence-corrected chi connectivity index (χ4v) is 4.57. The molecular formula is C23H27N3O4. The Labute approximate surface area is 176 Å². The van der Waals surface area contributed by atoms with Gasteiger partial charge in [-0.3, -0.25) is 14.9 Å². The molecule has 30 heavy (non-hydrogen) atoms. The Morgan fingerprint density at radius 3 is 2.70 bits per heavy atom. The van der Waals surface area contributed by atoms with Crippen LogP contribution in [0.5, 0.6) is 0 Å². The molecule has 2 aromatic carbocycles. The zero-order valence-electron chi connectivity index (χ0n) is 17.5. The number of carbonyl (C=O) groups excluding carboxylic acids is 1. The lowest BCUT2D eigenvalue weighted by molar-refractivity contribution is -0.385. The van der Waals surface area contributed by atoms with Crippen molar-refractivity contribution in [3.8, 4) is 0 Å². The Morgan fingerprint density at radius 2 is 2.00 bits per heavy atom. The van der Waals surface area contributed by atoms with E-state index in [1.807, 2.05) is 31.2 Å². The predicted octanol–water partition coefficient (Wildman–Crippen LogP) is 4.23. The summed E-state index contributed by atoms with van der Waals surface area (Å²) in [6.07, 6.45) is 0.706. The summed E-state index contributed by atoms with van der Waals surface area (Å²) in [6, 6.07) is 12.5. The molecule has 0 spiro atoms. The third-order valence-corrected chi connectivity index (χ3v) is 6.29. The van der Waals surface area contributed by atoms with Crippen molar-refractivity contribution in [2.75, 3.05) is 18.5 Å². The lowest BCUT2D eigenvalue weighted by Gasteiger charge is -2.44. The largest absolute Gasteiger partial charge is 0.381 e. The average molecular weight is 409 g/mol. The van der Waals surface area contributed by atoms with E-state index in [9.17, 15) is 14.9 Å². The second-order valence-corrected chi connectivity index (χ2v) is 8.93. The first-order valence-electron chi connectivity index (χ1n) is 10.3. The number of nitrogens with one attached hydrogen (secondary N) is 2. The van der Waals surface area contributed by atoms with Crippen LogP contribution in [0.1, 0.15) is 47.9 Å². The number of benzene rings is 2. The molecule has 0 unspecified atom stereocenters. The number of anilines is 1. The smallest absolute Gasteiger partial charge is 0.269 e. The minimum absolute atomic E-state index is 0.0669. The van der Waals surface area contributed by atoms with Crippen molar-refractivity contribution in [2.24, 2.45) is 11.3 Å². The Morgan fingerprint density at radius 1 is 1.27 bits per heavy atom. The van der Waals surface area contributed by atoms with Crippen LogP contribution in [-0.4, -0.2) is 30.0 Å². The molecule has 0 saturated carbocycles. The highest BCUT2D eigenvalue weighted by Crippen LogP contribution is 2.49. The molecule has 2 aliphatic heterocycles. The van der Waals surface area contributed by atoms with Crippen LogP contribution in [0.4, 0.5) is 11.4 Å². The fourth-order valence-electron chi connectivity index (χ4n) is 4.57. The highest BCUT2D eigenvalue weighted by Gasteiger charge is 2.47. The van der Waals surface area contributed by atoms with Gasteiger partial charge in [0.25, 0.3) is 11.6 Å². The number of rotatable bonds is 5. The number of non-ortho nitro benzene ring substituents is 1. The maximum Gasteiger partial charge on any atom is 0.269 e. The van der Waals surface area contributed by atoms with Gasteiger partial charge in [0.2, 0.25) is 0 Å². The van der Waals surface area contributed by atoms with Crippen molar-refractivity contribution in [1.82, 2.24) is 5.32 Å². The molecule has 1 fully saturated rings. The Balaban J connectivity index is 1.53. The number of aryl methyl sites for hydroxylation is 1. The number of nitrogens with zero attached hydrogens (tertiary/aromatic N) is 1. The molecule has 2 heterocycles. The number of hydrogen-bond donors (Lipinski definition) is 2. The third kappa shape index (κ3) is 3.77. The second-order valence-electron chi connectivity index (χ2n) is 8.93. The first-order chi connectivity index (χ1) is 14.3. The fraction of sp³-hybridized carbons (Fsp3) is 0.435. The number of amides is 1. The lowest BCUT2D eigenvalue weighted by atomic mass is 9.71. The van der Waals surface area contributed by atoms with E-state index in [-0.39, 0.29) is 40.0 Å². The maximum absolute atomic E-state index is 12.6. The average Bonchev–Trinajstić information content (AvgIpc) is 3.21. The summed E-state index contributed by atoms with van der Waals surface area (Å²) in [5, 5.41) is 17.9. The van der Waals surface area contributed by atoms with Crippen molar-refractivity contribution in [3.63, 3.8) is 0 Å². The van der Waals surface area contributed by atoms with Crippen LogP contribution < -0.4 is 10.6 Å². The molecule has 7 nitrogen and oxygen atoms in total. The standard InChI is InChI=1S/C23H27N3O4/c1-14-4-6-15(7-5-14)22(27)24-13-23(2,3)21-17-10-11-30-20(17)18-12-16(26(28)29)8-9-19(18)25-21/h4-9,12,17,20-21,25H,10-11,13H2,1-3H3,(H,24,27)/t17-,20+,21+/m1/s1. The minimum atomic E-state index is -0.374. The summed E-state index contributed by atoms with van der Waals surface area (Å²) in [6.45, 7) is 7.38. The van der Waals surface area contributed by atoms with Crippen molar-refractivity contribution in [1.29, 1.82) is 0 Å². The summed E-state index contributed by atoms with van der Waals surface area (Å²) < 4.78 is 6.00. The Kier molecular flexibility index (Phi) is 5.24. The number of fused-ring (bicyclic) bond motifs is 3. The Hall–Kier alpha value is -2.93. The van der Waals surface area contributed by atoms with Crippen LogP contribution in [0.15, 0.2) is 42.5 Å². The van der Waals surface area contributed by atoms with Crippen LogP contribution >= 0.6 is 0 Å². The van der Waals surface area contributed by atoms with Gasteiger partial charge in [-0.15, -0.1) is 0 Å². The molecule has 2 aromatic rings. The molecule has 2 N–H and O–H groups in total. The lowest BCUT2D eigenvalue weighted by Crippen LogP contribution is -2.51. The molecule has 7 heteroatoms. The molecule has 1 amide bonds. The van der Waals surface area contributed by atoms with E-state index in [4.69, 9.17) is 4.74 Å². The summed E-state index contributed by atoms with van der Waals surface area (Å²) >= 11 is 0. The quantitative estimate of drug-likeness (QED) is 0.569. The molecule has 1 saturated heterocycles. The van der Waals surface area contributed by atoms with Crippen LogP contribution in [0, 0.1) is 28.4 Å². The summed E-state index contributed by atoms with van der Waals surface area (Å²) in [5.74, 6) is 0.0971. The molecule has 2 aliphatic rings. The second kappa shape index (κ2) is 7.72. The van der Waals surface area contributed by atoms with Gasteiger partial charge in [-0.05, 0) is 31.5 Å². The number of hydrogen-bond acceptors (Lipinski definition) is 5. The van der Waals surface area contributed by atoms with E-state index in [0.717, 1.165) is 23.2 Å². The normalized spacial score (nSPS) is 22.6. The van der Waals surface area contributed by atoms with Gasteiger partial charge >= 0.3 is 0 Å². The number of nitro benzene ring substituents is 1. The van der Waals surface area contributed by atoms with Gasteiger partial charge in [-0.2, -0.15) is 0 Å². The molecule has 3 atom stereocenters. The van der Waals surface area contributed by atoms with Crippen LogP contribution in [0.3, 0.4) is 0 Å². The molecule has 0 radical (unpaired) electrons. The number of ether oxygens (including phenoxy) is 1. The molecule has 158 valence electrons. The maximum atomic E-state index is 12.6. The predicted molar refractivity (Wildman–Crippen MR) is 115 cm³/mol. The number of nitro groups is 1. The van der Waals surface area contributed by atoms with Gasteiger partial charge in [0.05, 0.1) is 11.0 Å². The van der Waals surface area contributed by atoms with Gasteiger partial charge in [-0.25, -0.2) is 0 Å². The Bertz CT molecular complexity index is 971. The van der Waals surface area contributed by atoms with E-state index in [1.165, 1.54) is 6.07 Å². The van der Waals surface area contributed by atoms with Crippen LogP contribution in [0.2, 0.25) is 0 Å². The summed E-state index contributed by atoms with van der Waals surface area (Å²) in [7, 11) is 0. The molecule has 0 bridgehead atoms. The van der Waals surface area contributed by atoms with E-state index < -0.39 is 0 Å². The molecule has 0 aromatic heterocycles. The molecule has 0 aliphatic carbocycles. The topological polar surface area (TPSA) is 93.5 Å². The van der Waals surface area contributed by atoms with Crippen molar-refractivity contribution < 1.29 is 14.5 Å². The van der Waals surface area contributed by atoms with Gasteiger partial charge in [-0.1, -0.05) is 31.5 Å². The monoisotopic (exact) mass is 409 g/mol. The first kappa shape index (κ1) is 20.3. The van der Waals surface area contributed by atoms with Crippen molar-refractivity contribution in [2.45, 2.75) is 39.3 Å². The van der Waals surface area contributed by atoms with Crippen molar-refractivity contribution in [3.05, 3.63) is 69.3 Å². The highest BCUT2D eigenvalue weighted by atomic mass is 16.6. The highest BCUT2D eigenvalue weighted by molar-refractivity contribution is 5.94. The SMILES string of the molecule is Cc1ccc(C(=O)NCC(C)(C)[C@H]2Nc3ccc([N+](=O)[O-])cc3[C@H]3OCC[C@H]32)cc1.